The number of rotatable bonds is 5. The van der Waals surface area contributed by atoms with Crippen molar-refractivity contribution in [2.75, 3.05) is 38.1 Å². The molecule has 3 aromatic rings. The van der Waals surface area contributed by atoms with Gasteiger partial charge in [0.2, 0.25) is 5.95 Å². The van der Waals surface area contributed by atoms with Gasteiger partial charge in [-0.2, -0.15) is 4.39 Å². The van der Waals surface area contributed by atoms with Crippen LogP contribution in [0.1, 0.15) is 16.1 Å². The van der Waals surface area contributed by atoms with Crippen molar-refractivity contribution < 1.29 is 13.6 Å². The van der Waals surface area contributed by atoms with E-state index in [1.165, 1.54) is 12.1 Å². The monoisotopic (exact) mass is 493 g/mol. The highest BCUT2D eigenvalue weighted by molar-refractivity contribution is 6.59. The number of anilines is 1. The van der Waals surface area contributed by atoms with Crippen molar-refractivity contribution >= 4 is 58.0 Å². The van der Waals surface area contributed by atoms with Gasteiger partial charge in [-0.05, 0) is 25.2 Å². The maximum absolute atomic E-state index is 14.9. The molecule has 0 bridgehead atoms. The fraction of sp³-hybridized carbons (Fsp3) is 0.318. The second-order valence-electron chi connectivity index (χ2n) is 8.06. The van der Waals surface area contributed by atoms with Crippen LogP contribution in [0.25, 0.3) is 10.9 Å². The van der Waals surface area contributed by atoms with Crippen LogP contribution in [0, 0.1) is 11.8 Å². The molecule has 0 saturated carbocycles. The van der Waals surface area contributed by atoms with E-state index in [2.05, 4.69) is 20.2 Å². The van der Waals surface area contributed by atoms with E-state index in [0.29, 0.717) is 55.6 Å². The second-order valence-corrected chi connectivity index (χ2v) is 8.47. The molecule has 13 heteroatoms. The van der Waals surface area contributed by atoms with Gasteiger partial charge in [-0.15, -0.1) is 0 Å². The summed E-state index contributed by atoms with van der Waals surface area (Å²) in [6.07, 6.45) is 0.504. The van der Waals surface area contributed by atoms with Crippen LogP contribution in [0.3, 0.4) is 0 Å². The number of benzene rings is 1. The van der Waals surface area contributed by atoms with Crippen LogP contribution in [0.2, 0.25) is 5.02 Å². The summed E-state index contributed by atoms with van der Waals surface area (Å²) in [5.41, 5.74) is 0.476. The van der Waals surface area contributed by atoms with Crippen LogP contribution in [-0.4, -0.2) is 83.2 Å². The lowest BCUT2D eigenvalue weighted by Gasteiger charge is -2.36. The molecule has 1 fully saturated rings. The van der Waals surface area contributed by atoms with Crippen molar-refractivity contribution in [3.63, 3.8) is 0 Å². The van der Waals surface area contributed by atoms with Crippen molar-refractivity contribution in [2.45, 2.75) is 11.8 Å². The number of nitrogens with zero attached hydrogens (tertiary/aromatic N) is 3. The molecule has 0 amide bonds. The molecule has 0 atom stereocenters. The third-order valence-corrected chi connectivity index (χ3v) is 5.78. The highest BCUT2D eigenvalue weighted by Gasteiger charge is 2.22. The van der Waals surface area contributed by atoms with Crippen LogP contribution in [0.15, 0.2) is 35.1 Å². The first kappa shape index (κ1) is 26.9. The lowest BCUT2D eigenvalue weighted by atomic mass is 9.49. The van der Waals surface area contributed by atoms with Crippen LogP contribution >= 0.6 is 11.6 Å². The van der Waals surface area contributed by atoms with E-state index in [1.807, 2.05) is 4.90 Å². The number of aromatic amines is 1. The molecule has 1 aromatic carbocycles. The molecule has 176 valence electrons. The predicted molar refractivity (Wildman–Crippen MR) is 136 cm³/mol. The van der Waals surface area contributed by atoms with Gasteiger partial charge in [-0.3, -0.25) is 14.5 Å². The van der Waals surface area contributed by atoms with Gasteiger partial charge >= 0.3 is 0 Å². The van der Waals surface area contributed by atoms with Gasteiger partial charge in [-0.25, -0.2) is 9.37 Å². The summed E-state index contributed by atoms with van der Waals surface area (Å²) in [5.74, 6) is -1.15. The van der Waals surface area contributed by atoms with Crippen LogP contribution in [-0.2, 0) is 6.54 Å². The topological polar surface area (TPSA) is 81.3 Å². The molecule has 4 rings (SSSR count). The molecule has 0 unspecified atom stereocenters. The molecule has 3 heterocycles. The van der Waals surface area contributed by atoms with Gasteiger partial charge < -0.3 is 15.2 Å². The molecule has 2 aromatic heterocycles. The summed E-state index contributed by atoms with van der Waals surface area (Å²) in [7, 11) is 16.5. The summed E-state index contributed by atoms with van der Waals surface area (Å²) in [4.78, 5) is 32.4. The highest BCUT2D eigenvalue weighted by atomic mass is 35.5. The van der Waals surface area contributed by atoms with Crippen molar-refractivity contribution in [3.05, 3.63) is 68.7 Å². The van der Waals surface area contributed by atoms with Crippen LogP contribution in [0.5, 0.6) is 0 Å². The first-order valence-electron chi connectivity index (χ1n) is 10.7. The molecule has 0 spiro atoms. The first-order valence-corrected chi connectivity index (χ1v) is 11.0. The zero-order valence-electron chi connectivity index (χ0n) is 19.0. The normalized spacial score (nSPS) is 14.5. The second kappa shape index (κ2) is 11.4. The molecular formula is C22H21B3ClF2N5O2. The van der Waals surface area contributed by atoms with E-state index < -0.39 is 22.6 Å². The number of H-pyrrole nitrogens is 1. The Kier molecular flexibility index (Phi) is 8.74. The average Bonchev–Trinajstić information content (AvgIpc) is 2.83. The van der Waals surface area contributed by atoms with Gasteiger partial charge in [0.1, 0.15) is 10.7 Å². The largest absolute Gasteiger partial charge is 0.365 e. The number of aldehydes is 1. The fourth-order valence-corrected chi connectivity index (χ4v) is 3.67. The Hall–Kier alpha value is -2.69. The molecule has 35 heavy (non-hydrogen) atoms. The number of hydrogen-bond donors (Lipinski definition) is 2. The fourth-order valence-electron chi connectivity index (χ4n) is 3.51. The smallest absolute Gasteiger partial charge is 0.267 e. The van der Waals surface area contributed by atoms with E-state index in [4.69, 9.17) is 35.1 Å². The average molecular weight is 493 g/mol. The standard InChI is InChI=1S/C20H17ClF2N4O2.C2H4B3N/c21-15-9-12-1-2-13(17(22)18(12)25-20(15)29)10-26-5-7-27(8-6-26)16-4-3-14(11-28)24-19(16)23;1-6-2(3,4)5/h1-4,9,11H,5-8,10H2,(H,25,29);6H,1H3. The number of aromatic nitrogens is 2. The summed E-state index contributed by atoms with van der Waals surface area (Å²) >= 11 is 5.80. The first-order chi connectivity index (χ1) is 16.5. The van der Waals surface area contributed by atoms with Crippen molar-refractivity contribution in [2.24, 2.45) is 0 Å². The molecule has 6 radical (unpaired) electrons. The summed E-state index contributed by atoms with van der Waals surface area (Å²) < 4.78 is 29.0. The van der Waals surface area contributed by atoms with Crippen LogP contribution < -0.4 is 15.8 Å². The Morgan fingerprint density at radius 1 is 1.17 bits per heavy atom. The van der Waals surface area contributed by atoms with Gasteiger partial charge in [-0.1, -0.05) is 29.0 Å². The molecule has 0 aliphatic carbocycles. The molecule has 1 aliphatic rings. The molecule has 2 N–H and O–H groups in total. The lowest BCUT2D eigenvalue weighted by Crippen LogP contribution is -2.46. The maximum Gasteiger partial charge on any atom is 0.267 e. The van der Waals surface area contributed by atoms with Gasteiger partial charge in [0.15, 0.2) is 12.1 Å². The molecule has 7 nitrogen and oxygen atoms in total. The number of hydrogen-bond acceptors (Lipinski definition) is 6. The minimum atomic E-state index is -1.21. The van der Waals surface area contributed by atoms with Gasteiger partial charge in [0.25, 0.3) is 5.56 Å². The summed E-state index contributed by atoms with van der Waals surface area (Å²) in [6.45, 7) is 2.65. The Bertz CT molecular complexity index is 1260. The zero-order valence-corrected chi connectivity index (χ0v) is 19.8. The quantitative estimate of drug-likeness (QED) is 0.317. The zero-order chi connectivity index (χ0) is 25.8. The third kappa shape index (κ3) is 6.93. The summed E-state index contributed by atoms with van der Waals surface area (Å²) in [5, 5.41) is 1.78. The molecule has 1 aliphatic heterocycles. The third-order valence-electron chi connectivity index (χ3n) is 5.50. The Morgan fingerprint density at radius 3 is 2.40 bits per heavy atom. The number of pyridine rings is 2. The molecule has 1 saturated heterocycles. The predicted octanol–water partition coefficient (Wildman–Crippen LogP) is 1.31. The lowest BCUT2D eigenvalue weighted by molar-refractivity contribution is 0.111. The number of carbonyl (C=O) groups is 1. The van der Waals surface area contributed by atoms with E-state index in [0.717, 1.165) is 0 Å². The Morgan fingerprint density at radius 2 is 1.83 bits per heavy atom. The van der Waals surface area contributed by atoms with Crippen molar-refractivity contribution in [3.8, 4) is 0 Å². The summed E-state index contributed by atoms with van der Waals surface area (Å²) in [6, 6.07) is 7.88. The molecular weight excluding hydrogens is 472 g/mol. The van der Waals surface area contributed by atoms with E-state index >= 15 is 0 Å². The van der Waals surface area contributed by atoms with E-state index in [-0.39, 0.29) is 16.2 Å². The Labute approximate surface area is 210 Å². The number of fused-ring (bicyclic) bond motifs is 1. The Balaban J connectivity index is 0.000000509. The van der Waals surface area contributed by atoms with E-state index in [1.54, 1.807) is 25.2 Å². The van der Waals surface area contributed by atoms with E-state index in [9.17, 15) is 18.4 Å². The SMILES string of the molecule is O=Cc1ccc(N2CCN(Cc3ccc4cc(Cl)c(=O)[nH]c4c3F)CC2)c(F)n1.[B]C([B])([B])NC. The van der Waals surface area contributed by atoms with Gasteiger partial charge in [0, 0.05) is 43.7 Å². The number of nitrogens with one attached hydrogen (secondary N) is 2. The minimum absolute atomic E-state index is 0.0173. The van der Waals surface area contributed by atoms with Crippen LogP contribution in [0.4, 0.5) is 14.5 Å². The van der Waals surface area contributed by atoms with Crippen molar-refractivity contribution in [1.29, 1.82) is 0 Å². The number of carbonyl (C=O) groups excluding carboxylic acids is 1. The van der Waals surface area contributed by atoms with Gasteiger partial charge in [0.05, 0.1) is 34.7 Å². The minimum Gasteiger partial charge on any atom is -0.365 e. The number of halogens is 3. The number of piperazine rings is 1. The van der Waals surface area contributed by atoms with Crippen molar-refractivity contribution in [1.82, 2.24) is 20.2 Å². The maximum atomic E-state index is 14.9. The highest BCUT2D eigenvalue weighted by Crippen LogP contribution is 2.23.